The van der Waals surface area contributed by atoms with Gasteiger partial charge in [-0.25, -0.2) is 0 Å². The lowest BCUT2D eigenvalue weighted by Crippen LogP contribution is -2.15. The van der Waals surface area contributed by atoms with Crippen LogP contribution in [0.25, 0.3) is 5.69 Å². The van der Waals surface area contributed by atoms with Gasteiger partial charge in [-0.2, -0.15) is 0 Å². The van der Waals surface area contributed by atoms with Crippen LogP contribution in [0, 0.1) is 13.8 Å². The van der Waals surface area contributed by atoms with Crippen LogP contribution in [-0.4, -0.2) is 26.4 Å². The Bertz CT molecular complexity index is 1210. The van der Waals surface area contributed by atoms with Crippen LogP contribution < -0.4 is 5.32 Å². The van der Waals surface area contributed by atoms with Gasteiger partial charge in [0.25, 0.3) is 0 Å². The molecular weight excluding hydrogens is 428 g/mol. The van der Waals surface area contributed by atoms with Crippen molar-refractivity contribution in [2.45, 2.75) is 38.8 Å². The number of hydrogen-bond donors (Lipinski definition) is 1. The Hall–Kier alpha value is -3.38. The van der Waals surface area contributed by atoms with E-state index in [9.17, 15) is 4.79 Å². The van der Waals surface area contributed by atoms with Crippen molar-refractivity contribution in [2.75, 3.05) is 11.1 Å². The maximum absolute atomic E-state index is 12.6. The second-order valence-corrected chi connectivity index (χ2v) is 9.07. The summed E-state index contributed by atoms with van der Waals surface area (Å²) in [4.78, 5) is 12.6. The molecule has 0 aliphatic rings. The van der Waals surface area contributed by atoms with Crippen LogP contribution in [-0.2, 0) is 17.6 Å². The van der Waals surface area contributed by atoms with E-state index in [-0.39, 0.29) is 11.7 Å². The first kappa shape index (κ1) is 22.8. The van der Waals surface area contributed by atoms with Gasteiger partial charge in [-0.05, 0) is 66.8 Å². The predicted octanol–water partition coefficient (Wildman–Crippen LogP) is 5.77. The molecule has 6 heteroatoms. The number of nitrogens with zero attached hydrogens (tertiary/aromatic N) is 3. The summed E-state index contributed by atoms with van der Waals surface area (Å²) in [5.74, 6) is 1.04. The molecule has 1 N–H and O–H groups in total. The zero-order chi connectivity index (χ0) is 23.2. The first-order chi connectivity index (χ1) is 16.0. The van der Waals surface area contributed by atoms with E-state index in [4.69, 9.17) is 0 Å². The van der Waals surface area contributed by atoms with Crippen molar-refractivity contribution in [3.8, 4) is 5.69 Å². The molecule has 33 heavy (non-hydrogen) atoms. The van der Waals surface area contributed by atoms with Gasteiger partial charge in [0, 0.05) is 17.8 Å². The number of carbonyl (C=O) groups excluding carboxylic acids is 1. The summed E-state index contributed by atoms with van der Waals surface area (Å²) >= 11 is 1.40. The predicted molar refractivity (Wildman–Crippen MR) is 135 cm³/mol. The summed E-state index contributed by atoms with van der Waals surface area (Å²) in [6, 6.07) is 24.7. The van der Waals surface area contributed by atoms with Gasteiger partial charge in [0.05, 0.1) is 5.75 Å². The number of hydrogen-bond acceptors (Lipinski definition) is 4. The molecule has 5 nitrogen and oxygen atoms in total. The van der Waals surface area contributed by atoms with E-state index in [0.29, 0.717) is 11.6 Å². The smallest absolute Gasteiger partial charge is 0.234 e. The molecule has 0 fully saturated rings. The molecule has 1 heterocycles. The van der Waals surface area contributed by atoms with Crippen LogP contribution in [0.4, 0.5) is 5.69 Å². The van der Waals surface area contributed by atoms with Crippen molar-refractivity contribution in [2.24, 2.45) is 0 Å². The maximum atomic E-state index is 12.6. The van der Waals surface area contributed by atoms with Gasteiger partial charge in [-0.3, -0.25) is 9.36 Å². The van der Waals surface area contributed by atoms with E-state index in [1.807, 2.05) is 44.2 Å². The van der Waals surface area contributed by atoms with Gasteiger partial charge >= 0.3 is 0 Å². The number of thioether (sulfide) groups is 1. The second-order valence-electron chi connectivity index (χ2n) is 8.13. The average molecular weight is 457 g/mol. The second kappa shape index (κ2) is 10.5. The first-order valence-corrected chi connectivity index (χ1v) is 12.1. The zero-order valence-corrected chi connectivity index (χ0v) is 20.0. The third-order valence-electron chi connectivity index (χ3n) is 5.35. The quantitative estimate of drug-likeness (QED) is 0.342. The third-order valence-corrected chi connectivity index (χ3v) is 6.27. The molecule has 0 atom stereocenters. The standard InChI is InChI=1S/C27H28N4OS/c1-4-21-10-12-24(13-11-21)31-25(17-22-8-6-5-7-9-22)29-30-27(31)33-18-26(32)28-23-15-19(2)14-20(3)16-23/h5-16H,4,17-18H2,1-3H3,(H,28,32). The van der Waals surface area contributed by atoms with Crippen LogP contribution in [0.1, 0.15) is 35.0 Å². The number of aromatic nitrogens is 3. The number of benzene rings is 3. The zero-order valence-electron chi connectivity index (χ0n) is 19.2. The number of nitrogens with one attached hydrogen (secondary N) is 1. The van der Waals surface area contributed by atoms with Gasteiger partial charge in [0.2, 0.25) is 5.91 Å². The van der Waals surface area contributed by atoms with Crippen molar-refractivity contribution in [3.05, 3.63) is 101 Å². The molecule has 0 saturated carbocycles. The highest BCUT2D eigenvalue weighted by Crippen LogP contribution is 2.24. The number of carbonyl (C=O) groups is 1. The van der Waals surface area contributed by atoms with E-state index in [1.165, 1.54) is 22.9 Å². The minimum atomic E-state index is -0.0644. The summed E-state index contributed by atoms with van der Waals surface area (Å²) in [5, 5.41) is 12.6. The molecule has 4 aromatic rings. The highest BCUT2D eigenvalue weighted by Gasteiger charge is 2.16. The molecule has 3 aromatic carbocycles. The molecule has 0 saturated heterocycles. The first-order valence-electron chi connectivity index (χ1n) is 11.1. The van der Waals surface area contributed by atoms with Crippen LogP contribution in [0.2, 0.25) is 0 Å². The monoisotopic (exact) mass is 456 g/mol. The molecular formula is C27H28N4OS. The van der Waals surface area contributed by atoms with Crippen LogP contribution in [0.3, 0.4) is 0 Å². The van der Waals surface area contributed by atoms with E-state index < -0.39 is 0 Å². The molecule has 168 valence electrons. The molecule has 0 spiro atoms. The summed E-state index contributed by atoms with van der Waals surface area (Å²) in [6.07, 6.45) is 1.65. The lowest BCUT2D eigenvalue weighted by molar-refractivity contribution is -0.113. The molecule has 1 aromatic heterocycles. The maximum Gasteiger partial charge on any atom is 0.234 e. The molecule has 0 aliphatic heterocycles. The number of rotatable bonds is 8. The molecule has 1 amide bonds. The Morgan fingerprint density at radius 2 is 1.61 bits per heavy atom. The Balaban J connectivity index is 1.55. The highest BCUT2D eigenvalue weighted by atomic mass is 32.2. The largest absolute Gasteiger partial charge is 0.325 e. The van der Waals surface area contributed by atoms with Gasteiger partial charge in [0.15, 0.2) is 5.16 Å². The minimum Gasteiger partial charge on any atom is -0.325 e. The lowest BCUT2D eigenvalue weighted by Gasteiger charge is -2.11. The van der Waals surface area contributed by atoms with Crippen molar-refractivity contribution in [1.29, 1.82) is 0 Å². The Labute approximate surface area is 199 Å². The number of amides is 1. The third kappa shape index (κ3) is 5.90. The van der Waals surface area contributed by atoms with E-state index >= 15 is 0 Å². The lowest BCUT2D eigenvalue weighted by atomic mass is 10.1. The van der Waals surface area contributed by atoms with Crippen LogP contribution in [0.5, 0.6) is 0 Å². The van der Waals surface area contributed by atoms with Gasteiger partial charge in [-0.1, -0.05) is 67.2 Å². The normalized spacial score (nSPS) is 10.9. The minimum absolute atomic E-state index is 0.0644. The Kier molecular flexibility index (Phi) is 7.25. The van der Waals surface area contributed by atoms with Crippen molar-refractivity contribution in [1.82, 2.24) is 14.8 Å². The molecule has 0 aliphatic carbocycles. The van der Waals surface area contributed by atoms with Gasteiger partial charge in [-0.15, -0.1) is 10.2 Å². The summed E-state index contributed by atoms with van der Waals surface area (Å²) in [6.45, 7) is 6.19. The average Bonchev–Trinajstić information content (AvgIpc) is 3.20. The van der Waals surface area contributed by atoms with Crippen LogP contribution >= 0.6 is 11.8 Å². The summed E-state index contributed by atoms with van der Waals surface area (Å²) in [7, 11) is 0. The van der Waals surface area contributed by atoms with E-state index in [0.717, 1.165) is 34.7 Å². The number of anilines is 1. The number of aryl methyl sites for hydroxylation is 3. The fourth-order valence-corrected chi connectivity index (χ4v) is 4.57. The topological polar surface area (TPSA) is 59.8 Å². The molecule has 0 unspecified atom stereocenters. The fraction of sp³-hybridized carbons (Fsp3) is 0.222. The summed E-state index contributed by atoms with van der Waals surface area (Å²) < 4.78 is 2.06. The SMILES string of the molecule is CCc1ccc(-n2c(Cc3ccccc3)nnc2SCC(=O)Nc2cc(C)cc(C)c2)cc1. The molecule has 0 bridgehead atoms. The fourth-order valence-electron chi connectivity index (χ4n) is 3.80. The van der Waals surface area contributed by atoms with Gasteiger partial charge < -0.3 is 5.32 Å². The van der Waals surface area contributed by atoms with Crippen molar-refractivity contribution in [3.63, 3.8) is 0 Å². The molecule has 4 rings (SSSR count). The van der Waals surface area contributed by atoms with Crippen LogP contribution in [0.15, 0.2) is 78.0 Å². The van der Waals surface area contributed by atoms with Crippen molar-refractivity contribution >= 4 is 23.4 Å². The Morgan fingerprint density at radius 3 is 2.27 bits per heavy atom. The van der Waals surface area contributed by atoms with E-state index in [2.05, 4.69) is 69.5 Å². The van der Waals surface area contributed by atoms with Crippen molar-refractivity contribution < 1.29 is 4.79 Å². The highest BCUT2D eigenvalue weighted by molar-refractivity contribution is 7.99. The van der Waals surface area contributed by atoms with Gasteiger partial charge in [0.1, 0.15) is 5.82 Å². The van der Waals surface area contributed by atoms with E-state index in [1.54, 1.807) is 0 Å². The summed E-state index contributed by atoms with van der Waals surface area (Å²) in [5.41, 5.74) is 6.51. The Morgan fingerprint density at radius 1 is 0.909 bits per heavy atom. The molecule has 0 radical (unpaired) electrons.